The highest BCUT2D eigenvalue weighted by Gasteiger charge is 2.23. The molecule has 2 aromatic carbocycles. The molecule has 0 unspecified atom stereocenters. The summed E-state index contributed by atoms with van der Waals surface area (Å²) in [6, 6.07) is 18.0. The van der Waals surface area contributed by atoms with Crippen molar-refractivity contribution in [2.45, 2.75) is 31.7 Å². The predicted octanol–water partition coefficient (Wildman–Crippen LogP) is 4.29. The summed E-state index contributed by atoms with van der Waals surface area (Å²) in [5.41, 5.74) is 8.64. The summed E-state index contributed by atoms with van der Waals surface area (Å²) in [6.07, 6.45) is 3.04. The fourth-order valence-electron chi connectivity index (χ4n) is 4.33. The lowest BCUT2D eigenvalue weighted by atomic mass is 9.89. The molecule has 2 heterocycles. The number of carbonyl (C=O) groups is 2. The van der Waals surface area contributed by atoms with Crippen molar-refractivity contribution < 1.29 is 14.0 Å². The summed E-state index contributed by atoms with van der Waals surface area (Å²) >= 11 is 0. The minimum absolute atomic E-state index is 0.0696. The molecular weight excluding hydrogens is 459 g/mol. The molecule has 0 atom stereocenters. The summed E-state index contributed by atoms with van der Waals surface area (Å²) in [6.45, 7) is 1.50. The number of pyridine rings is 1. The number of halogens is 1. The zero-order chi connectivity index (χ0) is 25.5. The fraction of sp³-hybridized carbons (Fsp3) is 0.259. The smallest absolute Gasteiger partial charge is 0.252 e. The average molecular weight is 487 g/mol. The number of hydrogen-bond acceptors (Lipinski definition) is 6. The van der Waals surface area contributed by atoms with Crippen molar-refractivity contribution in [3.8, 4) is 6.07 Å². The monoisotopic (exact) mass is 486 g/mol. The van der Waals surface area contributed by atoms with E-state index >= 15 is 0 Å². The van der Waals surface area contributed by atoms with Gasteiger partial charge in [0, 0.05) is 43.1 Å². The summed E-state index contributed by atoms with van der Waals surface area (Å²) in [5.74, 6) is -0.207. The van der Waals surface area contributed by atoms with E-state index < -0.39 is 5.91 Å². The molecule has 9 heteroatoms. The first kappa shape index (κ1) is 24.7. The van der Waals surface area contributed by atoms with Crippen LogP contribution in [-0.2, 0) is 11.3 Å². The number of carbonyl (C=O) groups excluding carboxylic acids is 2. The van der Waals surface area contributed by atoms with Crippen LogP contribution in [0, 0.1) is 17.1 Å². The number of hydrogen-bond donors (Lipinski definition) is 3. The Bertz CT molecular complexity index is 1280. The van der Waals surface area contributed by atoms with Gasteiger partial charge in [-0.1, -0.05) is 30.3 Å². The number of aromatic nitrogens is 1. The van der Waals surface area contributed by atoms with Gasteiger partial charge >= 0.3 is 0 Å². The first-order valence-corrected chi connectivity index (χ1v) is 11.7. The average Bonchev–Trinajstić information content (AvgIpc) is 2.89. The molecule has 184 valence electrons. The summed E-state index contributed by atoms with van der Waals surface area (Å²) in [5, 5.41) is 15.0. The van der Waals surface area contributed by atoms with E-state index in [1.54, 1.807) is 29.2 Å². The maximum Gasteiger partial charge on any atom is 0.252 e. The molecule has 0 radical (unpaired) electrons. The van der Waals surface area contributed by atoms with Gasteiger partial charge in [-0.05, 0) is 42.5 Å². The number of anilines is 3. The Labute approximate surface area is 208 Å². The number of nitrogens with two attached hydrogens (primary N) is 1. The number of amides is 2. The van der Waals surface area contributed by atoms with Crippen molar-refractivity contribution in [3.05, 3.63) is 83.3 Å². The van der Waals surface area contributed by atoms with Gasteiger partial charge in [0.15, 0.2) is 0 Å². The normalized spacial score (nSPS) is 13.6. The number of primary amides is 1. The van der Waals surface area contributed by atoms with Crippen LogP contribution in [0.1, 0.15) is 46.7 Å². The number of nitriles is 1. The number of benzene rings is 2. The Morgan fingerprint density at radius 3 is 2.53 bits per heavy atom. The number of nitrogens with one attached hydrogen (secondary N) is 2. The van der Waals surface area contributed by atoms with E-state index in [0.717, 1.165) is 18.5 Å². The number of rotatable bonds is 8. The van der Waals surface area contributed by atoms with Crippen LogP contribution in [0.15, 0.2) is 60.8 Å². The van der Waals surface area contributed by atoms with Crippen molar-refractivity contribution in [3.63, 3.8) is 0 Å². The molecule has 1 saturated heterocycles. The topological polar surface area (TPSA) is 124 Å². The van der Waals surface area contributed by atoms with Gasteiger partial charge in [0.2, 0.25) is 5.91 Å². The van der Waals surface area contributed by atoms with Crippen molar-refractivity contribution in [2.75, 3.05) is 23.7 Å². The van der Waals surface area contributed by atoms with E-state index in [-0.39, 0.29) is 30.3 Å². The Kier molecular flexibility index (Phi) is 7.75. The van der Waals surface area contributed by atoms with Crippen LogP contribution >= 0.6 is 0 Å². The minimum Gasteiger partial charge on any atom is -0.380 e. The standard InChI is InChI=1S/C27H27FN6O2/c28-23-4-2-1-3-20(23)16-31-24-15-25(32-17-22(24)27(30)36)33-21-7-5-18(6-8-21)19-10-13-34(14-11-19)26(35)9-12-29/h1-8,15,17,19H,9-11,13-14,16H2,(H2,30,36)(H2,31,32,33). The van der Waals surface area contributed by atoms with E-state index in [1.807, 2.05) is 18.2 Å². The molecule has 36 heavy (non-hydrogen) atoms. The van der Waals surface area contributed by atoms with Gasteiger partial charge in [0.25, 0.3) is 5.91 Å². The molecule has 0 bridgehead atoms. The molecule has 1 aliphatic heterocycles. The van der Waals surface area contributed by atoms with Crippen LogP contribution in [0.3, 0.4) is 0 Å². The van der Waals surface area contributed by atoms with Gasteiger partial charge in [-0.2, -0.15) is 5.26 Å². The van der Waals surface area contributed by atoms with Crippen LogP contribution in [0.25, 0.3) is 0 Å². The Hall–Kier alpha value is -4.45. The first-order valence-electron chi connectivity index (χ1n) is 11.7. The minimum atomic E-state index is -0.630. The molecule has 3 aromatic rings. The third-order valence-electron chi connectivity index (χ3n) is 6.33. The highest BCUT2D eigenvalue weighted by molar-refractivity contribution is 5.98. The molecular formula is C27H27FN6O2. The Morgan fingerprint density at radius 1 is 1.14 bits per heavy atom. The van der Waals surface area contributed by atoms with E-state index in [2.05, 4.69) is 27.8 Å². The van der Waals surface area contributed by atoms with Crippen molar-refractivity contribution in [2.24, 2.45) is 5.73 Å². The molecule has 0 aliphatic carbocycles. The van der Waals surface area contributed by atoms with Gasteiger partial charge in [-0.25, -0.2) is 9.37 Å². The van der Waals surface area contributed by atoms with E-state index in [9.17, 15) is 14.0 Å². The third-order valence-corrected chi connectivity index (χ3v) is 6.33. The van der Waals surface area contributed by atoms with Crippen LogP contribution in [0.5, 0.6) is 0 Å². The van der Waals surface area contributed by atoms with Crippen LogP contribution in [0.2, 0.25) is 0 Å². The van der Waals surface area contributed by atoms with Gasteiger partial charge in [0.05, 0.1) is 17.3 Å². The second-order valence-corrected chi connectivity index (χ2v) is 8.66. The summed E-state index contributed by atoms with van der Waals surface area (Å²) in [4.78, 5) is 29.8. The van der Waals surface area contributed by atoms with Crippen molar-refractivity contribution in [1.29, 1.82) is 5.26 Å². The van der Waals surface area contributed by atoms with Gasteiger partial charge in [-0.15, -0.1) is 0 Å². The lowest BCUT2D eigenvalue weighted by molar-refractivity contribution is -0.131. The van der Waals surface area contributed by atoms with Crippen molar-refractivity contribution in [1.82, 2.24) is 9.88 Å². The second kappa shape index (κ2) is 11.3. The maximum absolute atomic E-state index is 14.0. The molecule has 2 amide bonds. The van der Waals surface area contributed by atoms with E-state index in [0.29, 0.717) is 36.1 Å². The molecule has 4 N–H and O–H groups in total. The number of nitrogens with zero attached hydrogens (tertiary/aromatic N) is 3. The largest absolute Gasteiger partial charge is 0.380 e. The number of piperidine rings is 1. The van der Waals surface area contributed by atoms with Crippen molar-refractivity contribution >= 4 is 29.0 Å². The maximum atomic E-state index is 14.0. The molecule has 4 rings (SSSR count). The van der Waals surface area contributed by atoms with Crippen LogP contribution in [0.4, 0.5) is 21.6 Å². The van der Waals surface area contributed by atoms with Gasteiger partial charge in [-0.3, -0.25) is 9.59 Å². The van der Waals surface area contributed by atoms with E-state index in [1.165, 1.54) is 17.8 Å². The number of likely N-dealkylation sites (tertiary alicyclic amines) is 1. The predicted molar refractivity (Wildman–Crippen MR) is 135 cm³/mol. The Balaban J connectivity index is 1.41. The zero-order valence-electron chi connectivity index (χ0n) is 19.7. The SMILES string of the molecule is N#CCC(=O)N1CCC(c2ccc(Nc3cc(NCc4ccccc4F)c(C(N)=O)cn3)cc2)CC1. The fourth-order valence-corrected chi connectivity index (χ4v) is 4.33. The Morgan fingerprint density at radius 2 is 1.86 bits per heavy atom. The highest BCUT2D eigenvalue weighted by atomic mass is 19.1. The third kappa shape index (κ3) is 5.96. The molecule has 0 spiro atoms. The molecule has 1 aliphatic rings. The van der Waals surface area contributed by atoms with Gasteiger partial charge in [0.1, 0.15) is 18.1 Å². The summed E-state index contributed by atoms with van der Waals surface area (Å²) in [7, 11) is 0. The van der Waals surface area contributed by atoms with E-state index in [4.69, 9.17) is 11.0 Å². The van der Waals surface area contributed by atoms with Crippen LogP contribution in [-0.4, -0.2) is 34.8 Å². The molecule has 0 saturated carbocycles. The lowest BCUT2D eigenvalue weighted by Gasteiger charge is -2.32. The molecule has 1 fully saturated rings. The lowest BCUT2D eigenvalue weighted by Crippen LogP contribution is -2.37. The van der Waals surface area contributed by atoms with Crippen LogP contribution < -0.4 is 16.4 Å². The quantitative estimate of drug-likeness (QED) is 0.436. The van der Waals surface area contributed by atoms with Gasteiger partial charge < -0.3 is 21.3 Å². The zero-order valence-corrected chi connectivity index (χ0v) is 19.7. The second-order valence-electron chi connectivity index (χ2n) is 8.66. The highest BCUT2D eigenvalue weighted by Crippen LogP contribution is 2.30. The first-order chi connectivity index (χ1) is 17.4. The molecule has 1 aromatic heterocycles. The summed E-state index contributed by atoms with van der Waals surface area (Å²) < 4.78 is 14.0. The molecule has 8 nitrogen and oxygen atoms in total.